The molecule has 4 nitrogen and oxygen atoms in total. The Hall–Kier alpha value is -8.55. The fourth-order valence-electron chi connectivity index (χ4n) is 10.4. The van der Waals surface area contributed by atoms with Crippen molar-refractivity contribution in [1.82, 2.24) is 19.5 Å². The van der Waals surface area contributed by atoms with Gasteiger partial charge in [0.25, 0.3) is 0 Å². The van der Waals surface area contributed by atoms with Gasteiger partial charge in [-0.1, -0.05) is 212 Å². The molecule has 0 amide bonds. The normalized spacial score (nSPS) is 11.8. The molecule has 0 saturated heterocycles. The van der Waals surface area contributed by atoms with Crippen molar-refractivity contribution in [2.24, 2.45) is 0 Å². The maximum absolute atomic E-state index is 5.39. The third-order valence-electron chi connectivity index (χ3n) is 13.7. The van der Waals surface area contributed by atoms with Crippen LogP contribution in [0.5, 0.6) is 0 Å². The van der Waals surface area contributed by atoms with E-state index in [0.717, 1.165) is 39.0 Å². The lowest BCUT2D eigenvalue weighted by molar-refractivity contribution is 1.06. The van der Waals surface area contributed by atoms with Crippen molar-refractivity contribution in [2.75, 3.05) is 0 Å². The molecule has 0 N–H and O–H groups in total. The highest BCUT2D eigenvalue weighted by Crippen LogP contribution is 2.38. The fraction of sp³-hybridized carbons (Fsp3) is 0. The molecule has 0 aliphatic heterocycles. The summed E-state index contributed by atoms with van der Waals surface area (Å²) in [5.41, 5.74) is 8.33. The summed E-state index contributed by atoms with van der Waals surface area (Å²) in [7, 11) is -2.75. The second-order valence-corrected chi connectivity index (χ2v) is 22.4. The van der Waals surface area contributed by atoms with Crippen LogP contribution in [0.2, 0.25) is 0 Å². The summed E-state index contributed by atoms with van der Waals surface area (Å²) in [4.78, 5) is 16.0. The number of thiophene rings is 1. The summed E-state index contributed by atoms with van der Waals surface area (Å²) >= 11 is 1.84. The number of aromatic nitrogens is 4. The average molecular weight is 915 g/mol. The molecule has 0 atom stereocenters. The third kappa shape index (κ3) is 6.91. The molecular weight excluding hydrogens is 873 g/mol. The minimum Gasteiger partial charge on any atom is -0.309 e. The molecule has 3 heterocycles. The zero-order valence-electron chi connectivity index (χ0n) is 37.4. The molecule has 3 aromatic heterocycles. The summed E-state index contributed by atoms with van der Waals surface area (Å²) in [6.45, 7) is 0. The molecule has 6 heteroatoms. The Balaban J connectivity index is 0.979. The molecule has 13 rings (SSSR count). The number of benzene rings is 10. The van der Waals surface area contributed by atoms with Crippen molar-refractivity contribution >= 4 is 82.1 Å². The second kappa shape index (κ2) is 17.0. The van der Waals surface area contributed by atoms with Gasteiger partial charge in [-0.05, 0) is 74.3 Å². The number of rotatable bonds is 9. The highest BCUT2D eigenvalue weighted by atomic mass is 32.1. The molecule has 0 saturated carbocycles. The largest absolute Gasteiger partial charge is 0.309 e. The van der Waals surface area contributed by atoms with Gasteiger partial charge in [0.05, 0.1) is 16.7 Å². The number of nitrogens with zero attached hydrogens (tertiary/aromatic N) is 4. The quantitative estimate of drug-likeness (QED) is 0.107. The molecule has 0 bridgehead atoms. The maximum Gasteiger partial charge on any atom is 0.179 e. The molecule has 0 unspecified atom stereocenters. The lowest BCUT2D eigenvalue weighted by Crippen LogP contribution is -2.74. The Labute approximate surface area is 405 Å². The predicted octanol–water partition coefficient (Wildman–Crippen LogP) is 13.4. The van der Waals surface area contributed by atoms with Crippen molar-refractivity contribution in [3.05, 3.63) is 255 Å². The molecule has 0 radical (unpaired) electrons. The van der Waals surface area contributed by atoms with Crippen LogP contribution < -0.4 is 20.7 Å². The van der Waals surface area contributed by atoms with Crippen molar-refractivity contribution < 1.29 is 0 Å². The Morgan fingerprint density at radius 1 is 0.304 bits per heavy atom. The van der Waals surface area contributed by atoms with Gasteiger partial charge in [0, 0.05) is 47.6 Å². The minimum atomic E-state index is -2.75. The van der Waals surface area contributed by atoms with E-state index < -0.39 is 8.07 Å². The molecule has 324 valence electrons. The van der Waals surface area contributed by atoms with Crippen LogP contribution >= 0.6 is 11.3 Å². The zero-order valence-corrected chi connectivity index (χ0v) is 39.3. The first-order chi connectivity index (χ1) is 34.2. The molecular formula is C63H42N4SSi. The SMILES string of the molecule is c1ccc([Si](c2ccccc2)(c2ccccc2)c2ccc(-c3nc(-c4ccc(-c5ccc6sc7ccccc7c6c5)cc4)nc(-c4ccccc4-n4c5ccccc5c5ccccc54)n3)cc2)cc1. The van der Waals surface area contributed by atoms with Gasteiger partial charge in [0.15, 0.2) is 25.5 Å². The van der Waals surface area contributed by atoms with Crippen molar-refractivity contribution in [1.29, 1.82) is 0 Å². The second-order valence-electron chi connectivity index (χ2n) is 17.5. The Morgan fingerprint density at radius 3 is 1.32 bits per heavy atom. The topological polar surface area (TPSA) is 43.6 Å². The van der Waals surface area contributed by atoms with Gasteiger partial charge in [0.2, 0.25) is 0 Å². The van der Waals surface area contributed by atoms with Gasteiger partial charge in [-0.15, -0.1) is 11.3 Å². The first-order valence-electron chi connectivity index (χ1n) is 23.3. The van der Waals surface area contributed by atoms with Crippen LogP contribution in [0.1, 0.15) is 0 Å². The maximum atomic E-state index is 5.39. The van der Waals surface area contributed by atoms with Gasteiger partial charge in [-0.2, -0.15) is 0 Å². The van der Waals surface area contributed by atoms with E-state index in [1.165, 1.54) is 57.3 Å². The number of hydrogen-bond donors (Lipinski definition) is 0. The Morgan fingerprint density at radius 2 is 0.725 bits per heavy atom. The Kier molecular flexibility index (Phi) is 10.00. The van der Waals surface area contributed by atoms with E-state index in [9.17, 15) is 0 Å². The van der Waals surface area contributed by atoms with Crippen molar-refractivity contribution in [3.63, 3.8) is 0 Å². The van der Waals surface area contributed by atoms with E-state index in [4.69, 9.17) is 15.0 Å². The molecule has 0 spiro atoms. The first kappa shape index (κ1) is 40.7. The van der Waals surface area contributed by atoms with Crippen LogP contribution in [0.4, 0.5) is 0 Å². The van der Waals surface area contributed by atoms with Crippen LogP contribution in [-0.4, -0.2) is 27.6 Å². The monoisotopic (exact) mass is 914 g/mol. The lowest BCUT2D eigenvalue weighted by Gasteiger charge is -2.34. The van der Waals surface area contributed by atoms with Crippen molar-refractivity contribution in [3.8, 4) is 51.0 Å². The summed E-state index contributed by atoms with van der Waals surface area (Å²) in [5.74, 6) is 1.84. The van der Waals surface area contributed by atoms with E-state index in [2.05, 4.69) is 259 Å². The molecule has 0 fully saturated rings. The Bertz CT molecular complexity index is 3850. The zero-order chi connectivity index (χ0) is 45.7. The van der Waals surface area contributed by atoms with Crippen LogP contribution in [0, 0.1) is 0 Å². The molecule has 0 aliphatic carbocycles. The van der Waals surface area contributed by atoms with E-state index in [1.54, 1.807) is 0 Å². The van der Waals surface area contributed by atoms with Gasteiger partial charge < -0.3 is 4.57 Å². The van der Waals surface area contributed by atoms with Gasteiger partial charge in [-0.3, -0.25) is 0 Å². The van der Waals surface area contributed by atoms with Gasteiger partial charge in [0.1, 0.15) is 0 Å². The minimum absolute atomic E-state index is 0.608. The van der Waals surface area contributed by atoms with Crippen LogP contribution in [-0.2, 0) is 0 Å². The molecule has 0 aliphatic rings. The summed E-state index contributed by atoms with van der Waals surface area (Å²) in [6.07, 6.45) is 0. The average Bonchev–Trinajstić information content (AvgIpc) is 3.98. The van der Waals surface area contributed by atoms with Crippen LogP contribution in [0.25, 0.3) is 93.0 Å². The number of para-hydroxylation sites is 3. The third-order valence-corrected chi connectivity index (χ3v) is 19.6. The summed E-state index contributed by atoms with van der Waals surface area (Å²) in [6, 6.07) is 92.0. The van der Waals surface area contributed by atoms with Gasteiger partial charge >= 0.3 is 0 Å². The summed E-state index contributed by atoms with van der Waals surface area (Å²) in [5, 5.41) is 10.2. The standard InChI is InChI=1S/C63H42N4SSi/c1-4-18-47(19-5-1)69(48-20-6-2-7-21-48,49-22-8-3-9-23-49)50-39-36-45(37-40-50)62-64-61(44-34-32-43(33-35-44)46-38-41-60-55(42-46)53-26-13-17-31-59(53)68-60)65-63(66-62)54-27-12-16-30-58(54)67-56-28-14-10-24-51(56)52-25-11-15-29-57(52)67/h1-42H. The number of fused-ring (bicyclic) bond motifs is 6. The summed E-state index contributed by atoms with van der Waals surface area (Å²) < 4.78 is 4.95. The highest BCUT2D eigenvalue weighted by Gasteiger charge is 2.41. The first-order valence-corrected chi connectivity index (χ1v) is 26.2. The van der Waals surface area contributed by atoms with Gasteiger partial charge in [-0.25, -0.2) is 15.0 Å². The van der Waals surface area contributed by atoms with E-state index in [1.807, 2.05) is 11.3 Å². The smallest absolute Gasteiger partial charge is 0.179 e. The number of hydrogen-bond acceptors (Lipinski definition) is 4. The van der Waals surface area contributed by atoms with Crippen molar-refractivity contribution in [2.45, 2.75) is 0 Å². The molecule has 13 aromatic rings. The lowest BCUT2D eigenvalue weighted by atomic mass is 10.0. The van der Waals surface area contributed by atoms with E-state index in [-0.39, 0.29) is 0 Å². The predicted molar refractivity (Wildman–Crippen MR) is 292 cm³/mol. The molecule has 10 aromatic carbocycles. The van der Waals surface area contributed by atoms with E-state index >= 15 is 0 Å². The molecule has 69 heavy (non-hydrogen) atoms. The van der Waals surface area contributed by atoms with Crippen LogP contribution in [0.15, 0.2) is 255 Å². The van der Waals surface area contributed by atoms with Crippen LogP contribution in [0.3, 0.4) is 0 Å². The highest BCUT2D eigenvalue weighted by molar-refractivity contribution is 7.25. The van der Waals surface area contributed by atoms with E-state index in [0.29, 0.717) is 17.5 Å². The fourth-order valence-corrected chi connectivity index (χ4v) is 16.3.